The minimum absolute atomic E-state index is 0. The van der Waals surface area contributed by atoms with Gasteiger partial charge in [0, 0.05) is 44.4 Å². The fourth-order valence-corrected chi connectivity index (χ4v) is 3.50. The lowest BCUT2D eigenvalue weighted by atomic mass is 10.1. The maximum atomic E-state index is 12.0. The Labute approximate surface area is 208 Å². The molecule has 0 aromatic heterocycles. The van der Waals surface area contributed by atoms with Gasteiger partial charge in [-0.15, -0.1) is 24.0 Å². The van der Waals surface area contributed by atoms with E-state index in [9.17, 15) is 4.79 Å². The number of rotatable bonds is 7. The number of amides is 1. The number of methoxy groups -OCH3 is 3. The second-order valence-electron chi connectivity index (χ2n) is 8.31. The lowest BCUT2D eigenvalue weighted by Gasteiger charge is -2.23. The van der Waals surface area contributed by atoms with E-state index in [-0.39, 0.29) is 36.1 Å². The second-order valence-corrected chi connectivity index (χ2v) is 8.31. The SMILES string of the molecule is CN=C(NCCc1c(OC)cc(OC)cc1OC)N1CCC(NC(=O)OC(C)(C)C)C1.I. The molecule has 0 radical (unpaired) electrons. The third kappa shape index (κ3) is 8.10. The van der Waals surface area contributed by atoms with Gasteiger partial charge in [-0.3, -0.25) is 4.99 Å². The topological polar surface area (TPSA) is 93.7 Å². The molecule has 1 saturated heterocycles. The zero-order valence-electron chi connectivity index (χ0n) is 20.1. The third-order valence-corrected chi connectivity index (χ3v) is 4.90. The van der Waals surface area contributed by atoms with E-state index < -0.39 is 5.60 Å². The van der Waals surface area contributed by atoms with Crippen molar-refractivity contribution in [1.82, 2.24) is 15.5 Å². The Bertz CT molecular complexity index is 757. The molecule has 1 fully saturated rings. The first kappa shape index (κ1) is 27.9. The number of benzene rings is 1. The van der Waals surface area contributed by atoms with Gasteiger partial charge in [-0.25, -0.2) is 4.79 Å². The van der Waals surface area contributed by atoms with E-state index in [4.69, 9.17) is 18.9 Å². The highest BCUT2D eigenvalue weighted by atomic mass is 127. The molecule has 9 nitrogen and oxygen atoms in total. The van der Waals surface area contributed by atoms with Crippen LogP contribution in [-0.4, -0.2) is 76.6 Å². The zero-order valence-corrected chi connectivity index (χ0v) is 22.4. The van der Waals surface area contributed by atoms with Crippen LogP contribution in [0.4, 0.5) is 4.79 Å². The van der Waals surface area contributed by atoms with Crippen LogP contribution in [0.5, 0.6) is 17.2 Å². The molecule has 0 saturated carbocycles. The van der Waals surface area contributed by atoms with Gasteiger partial charge in [-0.05, 0) is 33.6 Å². The minimum Gasteiger partial charge on any atom is -0.496 e. The van der Waals surface area contributed by atoms with Gasteiger partial charge in [-0.1, -0.05) is 0 Å². The van der Waals surface area contributed by atoms with Crippen molar-refractivity contribution in [2.45, 2.75) is 45.3 Å². The quantitative estimate of drug-likeness (QED) is 0.299. The van der Waals surface area contributed by atoms with E-state index in [1.54, 1.807) is 28.4 Å². The van der Waals surface area contributed by atoms with E-state index in [1.165, 1.54) is 0 Å². The van der Waals surface area contributed by atoms with E-state index in [0.717, 1.165) is 36.0 Å². The van der Waals surface area contributed by atoms with E-state index >= 15 is 0 Å². The molecule has 0 bridgehead atoms. The van der Waals surface area contributed by atoms with Crippen LogP contribution >= 0.6 is 24.0 Å². The van der Waals surface area contributed by atoms with Crippen LogP contribution in [0, 0.1) is 0 Å². The maximum absolute atomic E-state index is 12.0. The first-order chi connectivity index (χ1) is 14.7. The summed E-state index contributed by atoms with van der Waals surface area (Å²) in [6.45, 7) is 7.68. The zero-order chi connectivity index (χ0) is 23.0. The van der Waals surface area contributed by atoms with Crippen LogP contribution in [0.2, 0.25) is 0 Å². The van der Waals surface area contributed by atoms with Crippen molar-refractivity contribution in [2.75, 3.05) is 48.0 Å². The normalized spacial score (nSPS) is 16.2. The molecule has 0 aliphatic carbocycles. The van der Waals surface area contributed by atoms with Crippen molar-refractivity contribution in [1.29, 1.82) is 0 Å². The molecule has 1 aliphatic rings. The summed E-state index contributed by atoms with van der Waals surface area (Å²) in [7, 11) is 6.63. The van der Waals surface area contributed by atoms with Crippen molar-refractivity contribution in [3.63, 3.8) is 0 Å². The fraction of sp³-hybridized carbons (Fsp3) is 0.636. The standard InChI is InChI=1S/C22H36N4O5.HI/c1-22(2,3)31-21(27)25-15-9-11-26(14-15)20(23-4)24-10-8-17-18(29-6)12-16(28-5)13-19(17)30-7;/h12-13,15H,8-11,14H2,1-7H3,(H,23,24)(H,25,27);1H. The lowest BCUT2D eigenvalue weighted by Crippen LogP contribution is -2.44. The molecule has 2 N–H and O–H groups in total. The molecule has 1 amide bonds. The first-order valence-corrected chi connectivity index (χ1v) is 10.4. The summed E-state index contributed by atoms with van der Waals surface area (Å²) < 4.78 is 21.7. The summed E-state index contributed by atoms with van der Waals surface area (Å²) in [6.07, 6.45) is 1.13. The molecule has 1 atom stereocenters. The van der Waals surface area contributed by atoms with Gasteiger partial charge in [0.2, 0.25) is 0 Å². The predicted molar refractivity (Wildman–Crippen MR) is 136 cm³/mol. The fourth-order valence-electron chi connectivity index (χ4n) is 3.50. The van der Waals surface area contributed by atoms with Crippen LogP contribution < -0.4 is 24.8 Å². The first-order valence-electron chi connectivity index (χ1n) is 10.4. The van der Waals surface area contributed by atoms with Crippen molar-refractivity contribution in [3.05, 3.63) is 17.7 Å². The number of halogens is 1. The molecule has 1 aromatic rings. The maximum Gasteiger partial charge on any atom is 0.407 e. The van der Waals surface area contributed by atoms with E-state index in [1.807, 2.05) is 32.9 Å². The molecular formula is C22H37IN4O5. The predicted octanol–water partition coefficient (Wildman–Crippen LogP) is 3.05. The van der Waals surface area contributed by atoms with Gasteiger partial charge < -0.3 is 34.5 Å². The van der Waals surface area contributed by atoms with Crippen molar-refractivity contribution in [3.8, 4) is 17.2 Å². The van der Waals surface area contributed by atoms with Crippen LogP contribution in [0.25, 0.3) is 0 Å². The van der Waals surface area contributed by atoms with Gasteiger partial charge in [0.15, 0.2) is 5.96 Å². The molecule has 2 rings (SSSR count). The van der Waals surface area contributed by atoms with Gasteiger partial charge in [0.25, 0.3) is 0 Å². The number of alkyl carbamates (subject to hydrolysis) is 1. The monoisotopic (exact) mass is 564 g/mol. The van der Waals surface area contributed by atoms with Crippen LogP contribution in [0.3, 0.4) is 0 Å². The molecule has 1 aromatic carbocycles. The summed E-state index contributed by atoms with van der Waals surface area (Å²) in [5, 5.41) is 6.33. The average molecular weight is 564 g/mol. The molecule has 32 heavy (non-hydrogen) atoms. The Morgan fingerprint density at radius 3 is 2.28 bits per heavy atom. The van der Waals surface area contributed by atoms with Gasteiger partial charge in [0.1, 0.15) is 22.8 Å². The summed E-state index contributed by atoms with van der Waals surface area (Å²) in [4.78, 5) is 18.5. The Morgan fingerprint density at radius 1 is 1.16 bits per heavy atom. The molecule has 0 spiro atoms. The van der Waals surface area contributed by atoms with Crippen LogP contribution in [0.1, 0.15) is 32.8 Å². The summed E-state index contributed by atoms with van der Waals surface area (Å²) in [5.74, 6) is 2.91. The highest BCUT2D eigenvalue weighted by Crippen LogP contribution is 2.34. The molecule has 1 heterocycles. The largest absolute Gasteiger partial charge is 0.496 e. The Kier molecular flexibility index (Phi) is 11.2. The third-order valence-electron chi connectivity index (χ3n) is 4.90. The summed E-state index contributed by atoms with van der Waals surface area (Å²) in [5.41, 5.74) is 0.448. The summed E-state index contributed by atoms with van der Waals surface area (Å²) >= 11 is 0. The summed E-state index contributed by atoms with van der Waals surface area (Å²) in [6, 6.07) is 3.72. The van der Waals surface area contributed by atoms with E-state index in [0.29, 0.717) is 25.3 Å². The number of carbonyl (C=O) groups is 1. The Morgan fingerprint density at radius 2 is 1.78 bits per heavy atom. The van der Waals surface area contributed by atoms with Gasteiger partial charge in [-0.2, -0.15) is 0 Å². The molecule has 1 unspecified atom stereocenters. The van der Waals surface area contributed by atoms with E-state index in [2.05, 4.69) is 20.5 Å². The number of ether oxygens (including phenoxy) is 4. The Balaban J connectivity index is 0.00000512. The number of guanidine groups is 1. The minimum atomic E-state index is -0.510. The highest BCUT2D eigenvalue weighted by Gasteiger charge is 2.28. The van der Waals surface area contributed by atoms with Crippen LogP contribution in [0.15, 0.2) is 17.1 Å². The number of nitrogens with zero attached hydrogens (tertiary/aromatic N) is 2. The Hall–Kier alpha value is -2.11. The number of likely N-dealkylation sites (tertiary alicyclic amines) is 1. The van der Waals surface area contributed by atoms with Crippen LogP contribution in [-0.2, 0) is 11.2 Å². The number of hydrogen-bond donors (Lipinski definition) is 2. The number of aliphatic imine (C=N–C) groups is 1. The molecular weight excluding hydrogens is 527 g/mol. The number of nitrogens with one attached hydrogen (secondary N) is 2. The smallest absolute Gasteiger partial charge is 0.407 e. The highest BCUT2D eigenvalue weighted by molar-refractivity contribution is 14.0. The lowest BCUT2D eigenvalue weighted by molar-refractivity contribution is 0.0507. The average Bonchev–Trinajstić information content (AvgIpc) is 3.17. The molecule has 10 heteroatoms. The van der Waals surface area contributed by atoms with Crippen molar-refractivity contribution >= 4 is 36.0 Å². The molecule has 182 valence electrons. The van der Waals surface area contributed by atoms with Crippen molar-refractivity contribution in [2.24, 2.45) is 4.99 Å². The number of hydrogen-bond acceptors (Lipinski definition) is 6. The van der Waals surface area contributed by atoms with Crippen molar-refractivity contribution < 1.29 is 23.7 Å². The second kappa shape index (κ2) is 12.8. The molecule has 1 aliphatic heterocycles. The van der Waals surface area contributed by atoms with Gasteiger partial charge in [0.05, 0.1) is 27.4 Å². The van der Waals surface area contributed by atoms with Gasteiger partial charge >= 0.3 is 6.09 Å². The number of carbonyl (C=O) groups excluding carboxylic acids is 1.